The Morgan fingerprint density at radius 2 is 2.38 bits per heavy atom. The number of aliphatic hydroxyl groups is 1. The fourth-order valence-electron chi connectivity index (χ4n) is 2.26. The third-order valence-electron chi connectivity index (χ3n) is 3.42. The van der Waals surface area contributed by atoms with E-state index in [0.717, 1.165) is 12.2 Å². The van der Waals surface area contributed by atoms with Gasteiger partial charge in [0.05, 0.1) is 12.6 Å². The number of methoxy groups -OCH3 is 1. The zero-order chi connectivity index (χ0) is 11.8. The quantitative estimate of drug-likeness (QED) is 0.763. The predicted octanol–water partition coefficient (Wildman–Crippen LogP) is 2.21. The van der Waals surface area contributed by atoms with Crippen LogP contribution in [0, 0.1) is 0 Å². The molecule has 0 amide bonds. The van der Waals surface area contributed by atoms with E-state index >= 15 is 0 Å². The summed E-state index contributed by atoms with van der Waals surface area (Å²) in [6.07, 6.45) is 0.881. The van der Waals surface area contributed by atoms with E-state index in [4.69, 9.17) is 4.74 Å². The van der Waals surface area contributed by atoms with Crippen molar-refractivity contribution in [3.05, 3.63) is 42.2 Å². The van der Waals surface area contributed by atoms with Crippen molar-refractivity contribution in [1.82, 2.24) is 5.32 Å². The van der Waals surface area contributed by atoms with Crippen LogP contribution in [0.1, 0.15) is 17.9 Å². The zero-order valence-corrected chi connectivity index (χ0v) is 9.66. The van der Waals surface area contributed by atoms with Crippen LogP contribution in [0.5, 0.6) is 5.75 Å². The van der Waals surface area contributed by atoms with E-state index in [1.807, 2.05) is 25.2 Å². The molecule has 1 aromatic carbocycles. The van der Waals surface area contributed by atoms with Crippen LogP contribution < -0.4 is 10.1 Å². The Labute approximate surface area is 95.7 Å². The number of aliphatic hydroxyl groups excluding tert-OH is 1. The first-order valence-corrected chi connectivity index (χ1v) is 5.35. The lowest BCUT2D eigenvalue weighted by Gasteiger charge is -2.15. The van der Waals surface area contributed by atoms with Crippen LogP contribution >= 0.6 is 0 Å². The highest BCUT2D eigenvalue weighted by Gasteiger charge is 2.56. The number of ether oxygens (including phenoxy) is 1. The molecule has 1 fully saturated rings. The SMILES string of the molecule is C=C(O)C1(NC)CC1c1cccc(OC)c1. The van der Waals surface area contributed by atoms with E-state index in [1.54, 1.807) is 7.11 Å². The summed E-state index contributed by atoms with van der Waals surface area (Å²) in [5, 5.41) is 12.8. The molecular weight excluding hydrogens is 202 g/mol. The maximum Gasteiger partial charge on any atom is 0.119 e. The summed E-state index contributed by atoms with van der Waals surface area (Å²) in [5.41, 5.74) is 0.829. The maximum absolute atomic E-state index is 9.61. The Hall–Kier alpha value is -1.48. The lowest BCUT2D eigenvalue weighted by Crippen LogP contribution is -2.31. The Morgan fingerprint density at radius 3 is 2.88 bits per heavy atom. The molecule has 1 aliphatic rings. The number of hydrogen-bond acceptors (Lipinski definition) is 3. The average molecular weight is 219 g/mol. The van der Waals surface area contributed by atoms with Gasteiger partial charge in [-0.25, -0.2) is 0 Å². The summed E-state index contributed by atoms with van der Waals surface area (Å²) in [6.45, 7) is 3.64. The van der Waals surface area contributed by atoms with Gasteiger partial charge >= 0.3 is 0 Å². The summed E-state index contributed by atoms with van der Waals surface area (Å²) in [6, 6.07) is 7.94. The van der Waals surface area contributed by atoms with Crippen LogP contribution in [-0.4, -0.2) is 24.8 Å². The zero-order valence-electron chi connectivity index (χ0n) is 9.66. The van der Waals surface area contributed by atoms with Crippen LogP contribution in [0.2, 0.25) is 0 Å². The molecule has 0 aromatic heterocycles. The summed E-state index contributed by atoms with van der Waals surface area (Å²) in [7, 11) is 3.50. The van der Waals surface area contributed by atoms with Gasteiger partial charge in [-0.15, -0.1) is 0 Å². The molecule has 3 nitrogen and oxygen atoms in total. The van der Waals surface area contributed by atoms with Gasteiger partial charge in [0.15, 0.2) is 0 Å². The van der Waals surface area contributed by atoms with Gasteiger partial charge in [-0.3, -0.25) is 0 Å². The molecule has 0 bridgehead atoms. The third kappa shape index (κ3) is 1.57. The smallest absolute Gasteiger partial charge is 0.119 e. The molecule has 2 N–H and O–H groups in total. The molecule has 2 unspecified atom stereocenters. The Bertz CT molecular complexity index is 416. The molecule has 3 heteroatoms. The predicted molar refractivity (Wildman–Crippen MR) is 63.9 cm³/mol. The summed E-state index contributed by atoms with van der Waals surface area (Å²) < 4.78 is 5.19. The summed E-state index contributed by atoms with van der Waals surface area (Å²) in [4.78, 5) is 0. The number of nitrogens with one attached hydrogen (secondary N) is 1. The molecule has 0 aliphatic heterocycles. The molecule has 16 heavy (non-hydrogen) atoms. The minimum Gasteiger partial charge on any atom is -0.511 e. The van der Waals surface area contributed by atoms with Gasteiger partial charge in [0.2, 0.25) is 0 Å². The van der Waals surface area contributed by atoms with E-state index in [9.17, 15) is 5.11 Å². The standard InChI is InChI=1S/C13H17NO2/c1-9(15)13(14-2)8-12(13)10-5-4-6-11(7-10)16-3/h4-7,12,14-15H,1,8H2,2-3H3. The number of rotatable bonds is 4. The fourth-order valence-corrected chi connectivity index (χ4v) is 2.26. The normalized spacial score (nSPS) is 27.5. The van der Waals surface area contributed by atoms with Gasteiger partial charge < -0.3 is 15.2 Å². The van der Waals surface area contributed by atoms with Crippen molar-refractivity contribution < 1.29 is 9.84 Å². The van der Waals surface area contributed by atoms with Gasteiger partial charge in [0.25, 0.3) is 0 Å². The number of hydrogen-bond donors (Lipinski definition) is 2. The monoisotopic (exact) mass is 219 g/mol. The molecule has 0 spiro atoms. The molecule has 0 heterocycles. The van der Waals surface area contributed by atoms with Crippen molar-refractivity contribution in [3.63, 3.8) is 0 Å². The molecule has 2 rings (SSSR count). The van der Waals surface area contributed by atoms with Gasteiger partial charge in [0, 0.05) is 5.92 Å². The van der Waals surface area contributed by atoms with Crippen molar-refractivity contribution in [3.8, 4) is 5.75 Å². The molecule has 0 radical (unpaired) electrons. The number of likely N-dealkylation sites (N-methyl/N-ethyl adjacent to an activating group) is 1. The summed E-state index contributed by atoms with van der Waals surface area (Å²) >= 11 is 0. The first kappa shape index (κ1) is 11.0. The summed E-state index contributed by atoms with van der Waals surface area (Å²) in [5.74, 6) is 1.34. The van der Waals surface area contributed by atoms with Crippen molar-refractivity contribution >= 4 is 0 Å². The Morgan fingerprint density at radius 1 is 1.62 bits per heavy atom. The van der Waals surface area contributed by atoms with Gasteiger partial charge in [-0.2, -0.15) is 0 Å². The minimum atomic E-state index is -0.341. The molecule has 0 saturated heterocycles. The average Bonchev–Trinajstić information content (AvgIpc) is 3.05. The van der Waals surface area contributed by atoms with Crippen molar-refractivity contribution in [2.75, 3.05) is 14.2 Å². The van der Waals surface area contributed by atoms with Gasteiger partial charge in [-0.1, -0.05) is 18.7 Å². The molecule has 86 valence electrons. The highest BCUT2D eigenvalue weighted by Crippen LogP contribution is 2.54. The molecule has 1 aromatic rings. The van der Waals surface area contributed by atoms with Crippen LogP contribution in [0.25, 0.3) is 0 Å². The van der Waals surface area contributed by atoms with E-state index in [0.29, 0.717) is 0 Å². The second kappa shape index (κ2) is 3.83. The molecule has 2 atom stereocenters. The Balaban J connectivity index is 2.24. The van der Waals surface area contributed by atoms with Gasteiger partial charge in [0.1, 0.15) is 11.5 Å². The number of benzene rings is 1. The minimum absolute atomic E-state index is 0.211. The fraction of sp³-hybridized carbons (Fsp3) is 0.385. The van der Waals surface area contributed by atoms with Crippen molar-refractivity contribution in [2.45, 2.75) is 17.9 Å². The lowest BCUT2D eigenvalue weighted by atomic mass is 10.0. The second-order valence-corrected chi connectivity index (χ2v) is 4.20. The molecule has 1 aliphatic carbocycles. The third-order valence-corrected chi connectivity index (χ3v) is 3.42. The first-order valence-electron chi connectivity index (χ1n) is 5.35. The van der Waals surface area contributed by atoms with Gasteiger partial charge in [-0.05, 0) is 31.2 Å². The van der Waals surface area contributed by atoms with Crippen LogP contribution in [0.3, 0.4) is 0 Å². The Kier molecular flexibility index (Phi) is 2.64. The highest BCUT2D eigenvalue weighted by molar-refractivity contribution is 5.42. The molecule has 1 saturated carbocycles. The van der Waals surface area contributed by atoms with Crippen molar-refractivity contribution in [2.24, 2.45) is 0 Å². The van der Waals surface area contributed by atoms with E-state index in [-0.39, 0.29) is 17.2 Å². The largest absolute Gasteiger partial charge is 0.511 e. The second-order valence-electron chi connectivity index (χ2n) is 4.20. The van der Waals surface area contributed by atoms with Crippen molar-refractivity contribution in [1.29, 1.82) is 0 Å². The van der Waals surface area contributed by atoms with E-state index in [2.05, 4.69) is 18.0 Å². The highest BCUT2D eigenvalue weighted by atomic mass is 16.5. The topological polar surface area (TPSA) is 41.5 Å². The first-order chi connectivity index (χ1) is 7.64. The van der Waals surface area contributed by atoms with E-state index < -0.39 is 0 Å². The van der Waals surface area contributed by atoms with Crippen LogP contribution in [0.4, 0.5) is 0 Å². The lowest BCUT2D eigenvalue weighted by molar-refractivity contribution is 0.336. The van der Waals surface area contributed by atoms with Crippen LogP contribution in [-0.2, 0) is 0 Å². The maximum atomic E-state index is 9.61. The molecular formula is C13H17NO2. The van der Waals surface area contributed by atoms with E-state index in [1.165, 1.54) is 5.56 Å². The van der Waals surface area contributed by atoms with Crippen LogP contribution in [0.15, 0.2) is 36.6 Å².